The minimum Gasteiger partial charge on any atom is -0.0774 e. The fourth-order valence-electron chi connectivity index (χ4n) is 3.38. The first-order valence-corrected chi connectivity index (χ1v) is 8.86. The average molecular weight is 259 g/mol. The summed E-state index contributed by atoms with van der Waals surface area (Å²) in [6.07, 6.45) is 16.3. The lowest BCUT2D eigenvalue weighted by Gasteiger charge is -2.26. The van der Waals surface area contributed by atoms with Crippen LogP contribution in [0.4, 0.5) is 0 Å². The van der Waals surface area contributed by atoms with E-state index in [0.29, 0.717) is 5.82 Å². The van der Waals surface area contributed by atoms with Crippen molar-refractivity contribution in [2.45, 2.75) is 108 Å². The zero-order chi connectivity index (χ0) is 13.9. The molecule has 0 heterocycles. The lowest BCUT2D eigenvalue weighted by molar-refractivity contribution is 0.493. The largest absolute Gasteiger partial charge is 0.117 e. The van der Waals surface area contributed by atoms with Crippen LogP contribution in [0.2, 0.25) is 17.5 Å². The van der Waals surface area contributed by atoms with Crippen molar-refractivity contribution in [3.8, 4) is 0 Å². The molecule has 1 rings (SSSR count). The van der Waals surface area contributed by atoms with Gasteiger partial charge in [-0.25, -0.2) is 0 Å². The first-order valence-electron chi connectivity index (χ1n) is 8.86. The molecular formula is C17H33B2. The fraction of sp³-hybridized carbons (Fsp3) is 1.00. The van der Waals surface area contributed by atoms with Gasteiger partial charge in [0.05, 0.1) is 7.85 Å². The van der Waals surface area contributed by atoms with Crippen molar-refractivity contribution < 1.29 is 0 Å². The van der Waals surface area contributed by atoms with Gasteiger partial charge in [0.1, 0.15) is 7.28 Å². The van der Waals surface area contributed by atoms with E-state index in [1.54, 1.807) is 0 Å². The van der Waals surface area contributed by atoms with E-state index in [2.05, 4.69) is 21.1 Å². The van der Waals surface area contributed by atoms with Gasteiger partial charge in [0.25, 0.3) is 0 Å². The third-order valence-corrected chi connectivity index (χ3v) is 4.71. The summed E-state index contributed by atoms with van der Waals surface area (Å²) in [5.74, 6) is 2.20. The van der Waals surface area contributed by atoms with E-state index in [-0.39, 0.29) is 0 Å². The van der Waals surface area contributed by atoms with Gasteiger partial charge in [0.2, 0.25) is 0 Å². The highest BCUT2D eigenvalue weighted by molar-refractivity contribution is 6.39. The second-order valence-electron chi connectivity index (χ2n) is 6.62. The van der Waals surface area contributed by atoms with Gasteiger partial charge < -0.3 is 0 Å². The van der Waals surface area contributed by atoms with Crippen LogP contribution in [-0.2, 0) is 0 Å². The minimum atomic E-state index is 0.473. The van der Waals surface area contributed by atoms with E-state index in [0.717, 1.165) is 11.6 Å². The molecule has 1 saturated carbocycles. The normalized spacial score (nSPS) is 25.0. The molecular weight excluding hydrogens is 226 g/mol. The van der Waals surface area contributed by atoms with Gasteiger partial charge in [-0.2, -0.15) is 0 Å². The van der Waals surface area contributed by atoms with E-state index in [9.17, 15) is 0 Å². The molecule has 19 heavy (non-hydrogen) atoms. The minimum absolute atomic E-state index is 0.473. The predicted octanol–water partition coefficient (Wildman–Crippen LogP) is 5.96. The summed E-state index contributed by atoms with van der Waals surface area (Å²) in [5.41, 5.74) is 0. The lowest BCUT2D eigenvalue weighted by Crippen LogP contribution is -2.14. The Hall–Kier alpha value is 0.130. The Balaban J connectivity index is 2.35. The van der Waals surface area contributed by atoms with Crippen LogP contribution in [0.3, 0.4) is 0 Å². The number of hydrogen-bond acceptors (Lipinski definition) is 0. The van der Waals surface area contributed by atoms with E-state index in [1.807, 2.05) is 0 Å². The van der Waals surface area contributed by atoms with Crippen molar-refractivity contribution in [1.82, 2.24) is 0 Å². The monoisotopic (exact) mass is 259 g/mol. The number of unbranched alkanes of at least 4 members (excludes halogenated alkanes) is 2. The standard InChI is InChI=1S/C17H33B2/c1-3-5-10-16(11-6-4-2)19-17-12-8-7-9-15(18)13-14-17/h15-17H,3-14H2,1-2H3. The van der Waals surface area contributed by atoms with Crippen molar-refractivity contribution in [3.05, 3.63) is 0 Å². The molecule has 0 spiro atoms. The van der Waals surface area contributed by atoms with Crippen LogP contribution in [0.25, 0.3) is 0 Å². The maximum atomic E-state index is 6.14. The number of rotatable bonds is 8. The van der Waals surface area contributed by atoms with Crippen LogP contribution in [0, 0.1) is 0 Å². The molecule has 0 aromatic rings. The second-order valence-corrected chi connectivity index (χ2v) is 6.62. The Kier molecular flexibility index (Phi) is 9.82. The maximum absolute atomic E-state index is 6.14. The smallest absolute Gasteiger partial charge is 0.0774 e. The van der Waals surface area contributed by atoms with E-state index < -0.39 is 0 Å². The lowest BCUT2D eigenvalue weighted by atomic mass is 9.49. The van der Waals surface area contributed by atoms with Crippen LogP contribution in [0.1, 0.15) is 90.9 Å². The van der Waals surface area contributed by atoms with Crippen LogP contribution >= 0.6 is 0 Å². The molecule has 2 heteroatoms. The van der Waals surface area contributed by atoms with Crippen molar-refractivity contribution in [1.29, 1.82) is 0 Å². The molecule has 107 valence electrons. The second kappa shape index (κ2) is 10.9. The van der Waals surface area contributed by atoms with E-state index in [1.165, 1.54) is 77.0 Å². The summed E-state index contributed by atoms with van der Waals surface area (Å²) in [6.45, 7) is 4.62. The molecule has 0 N–H and O–H groups in total. The Labute approximate surface area is 124 Å². The third-order valence-electron chi connectivity index (χ3n) is 4.71. The van der Waals surface area contributed by atoms with Gasteiger partial charge in [-0.1, -0.05) is 108 Å². The first kappa shape index (κ1) is 17.2. The molecule has 2 atom stereocenters. The molecule has 0 nitrogen and oxygen atoms in total. The van der Waals surface area contributed by atoms with Crippen LogP contribution in [-0.4, -0.2) is 15.1 Å². The highest BCUT2D eigenvalue weighted by atomic mass is 14.1. The SMILES string of the molecule is [B]C1CCCCC([B]C(CCCC)CCCC)CC1. The molecule has 1 aliphatic rings. The molecule has 0 amide bonds. The van der Waals surface area contributed by atoms with Gasteiger partial charge in [-0.15, -0.1) is 0 Å². The Morgan fingerprint density at radius 2 is 1.58 bits per heavy atom. The summed E-state index contributed by atoms with van der Waals surface area (Å²) < 4.78 is 0. The van der Waals surface area contributed by atoms with Gasteiger partial charge in [0.15, 0.2) is 0 Å². The maximum Gasteiger partial charge on any atom is 0.117 e. The summed E-state index contributed by atoms with van der Waals surface area (Å²) in [4.78, 5) is 0. The quantitative estimate of drug-likeness (QED) is 0.472. The van der Waals surface area contributed by atoms with Gasteiger partial charge >= 0.3 is 0 Å². The van der Waals surface area contributed by atoms with E-state index in [4.69, 9.17) is 7.85 Å². The summed E-state index contributed by atoms with van der Waals surface area (Å²) in [7, 11) is 8.87. The van der Waals surface area contributed by atoms with Gasteiger partial charge in [-0.05, 0) is 0 Å². The highest BCUT2D eigenvalue weighted by Gasteiger charge is 2.20. The molecule has 0 aromatic carbocycles. The molecule has 3 radical (unpaired) electrons. The summed E-state index contributed by atoms with van der Waals surface area (Å²) >= 11 is 0. The molecule has 1 aliphatic carbocycles. The number of hydrogen-bond donors (Lipinski definition) is 0. The zero-order valence-corrected chi connectivity index (χ0v) is 13.4. The van der Waals surface area contributed by atoms with Crippen molar-refractivity contribution >= 4 is 15.1 Å². The van der Waals surface area contributed by atoms with Crippen molar-refractivity contribution in [2.24, 2.45) is 0 Å². The molecule has 2 unspecified atom stereocenters. The predicted molar refractivity (Wildman–Crippen MR) is 89.5 cm³/mol. The third kappa shape index (κ3) is 8.10. The van der Waals surface area contributed by atoms with Crippen molar-refractivity contribution in [3.63, 3.8) is 0 Å². The Morgan fingerprint density at radius 1 is 0.947 bits per heavy atom. The zero-order valence-electron chi connectivity index (χ0n) is 13.4. The van der Waals surface area contributed by atoms with E-state index >= 15 is 0 Å². The molecule has 0 bridgehead atoms. The van der Waals surface area contributed by atoms with Gasteiger partial charge in [0, 0.05) is 0 Å². The topological polar surface area (TPSA) is 0 Å². The summed E-state index contributed by atoms with van der Waals surface area (Å²) in [6, 6.07) is 0. The van der Waals surface area contributed by atoms with Gasteiger partial charge in [-0.3, -0.25) is 0 Å². The fourth-order valence-corrected chi connectivity index (χ4v) is 3.38. The molecule has 0 aromatic heterocycles. The Morgan fingerprint density at radius 3 is 2.21 bits per heavy atom. The molecule has 0 aliphatic heterocycles. The van der Waals surface area contributed by atoms with Crippen LogP contribution in [0.5, 0.6) is 0 Å². The summed E-state index contributed by atoms with van der Waals surface area (Å²) in [5, 5.41) is 0. The molecule has 1 fully saturated rings. The van der Waals surface area contributed by atoms with Crippen molar-refractivity contribution in [2.75, 3.05) is 0 Å². The Bertz CT molecular complexity index is 195. The highest BCUT2D eigenvalue weighted by Crippen LogP contribution is 2.35. The van der Waals surface area contributed by atoms with Crippen LogP contribution < -0.4 is 0 Å². The van der Waals surface area contributed by atoms with Crippen LogP contribution in [0.15, 0.2) is 0 Å². The average Bonchev–Trinajstić information content (AvgIpc) is 2.40. The molecule has 0 saturated heterocycles. The first-order chi connectivity index (χ1) is 9.26.